The first-order chi connectivity index (χ1) is 7.49. The zero-order chi connectivity index (χ0) is 12.2. The largest absolute Gasteiger partial charge is 0.361 e. The van der Waals surface area contributed by atoms with Gasteiger partial charge in [-0.05, 0) is 5.92 Å². The minimum absolute atomic E-state index is 0.0225. The molecule has 92 valence electrons. The number of rotatable bonds is 4. The Morgan fingerprint density at radius 1 is 1.69 bits per heavy atom. The van der Waals surface area contributed by atoms with Crippen molar-refractivity contribution >= 4 is 21.6 Å². The van der Waals surface area contributed by atoms with Crippen molar-refractivity contribution in [3.8, 4) is 6.07 Å². The number of ether oxygens (including phenoxy) is 1. The van der Waals surface area contributed by atoms with Gasteiger partial charge in [-0.25, -0.2) is 8.42 Å². The van der Waals surface area contributed by atoms with Gasteiger partial charge in [0, 0.05) is 12.4 Å². The van der Waals surface area contributed by atoms with Crippen LogP contribution in [0.3, 0.4) is 0 Å². The SMILES string of the molecule is CC(CCl)CS(=O)(=O)N1CCOC(C#N)C1. The van der Waals surface area contributed by atoms with Crippen molar-refractivity contribution in [1.29, 1.82) is 5.26 Å². The highest BCUT2D eigenvalue weighted by atomic mass is 35.5. The molecule has 1 fully saturated rings. The Kier molecular flexibility index (Phi) is 4.99. The van der Waals surface area contributed by atoms with Crippen LogP contribution in [0.5, 0.6) is 0 Å². The van der Waals surface area contributed by atoms with E-state index in [4.69, 9.17) is 21.6 Å². The Hall–Kier alpha value is -0.350. The van der Waals surface area contributed by atoms with E-state index in [-0.39, 0.29) is 24.8 Å². The Bertz CT molecular complexity index is 365. The maximum absolute atomic E-state index is 11.9. The summed E-state index contributed by atoms with van der Waals surface area (Å²) in [5.41, 5.74) is 0. The molecule has 1 aliphatic heterocycles. The first kappa shape index (κ1) is 13.7. The standard InChI is InChI=1S/C9H15ClN2O3S/c1-8(4-10)7-16(13,14)12-2-3-15-9(5-11)6-12/h8-9H,2-4,6-7H2,1H3. The molecule has 0 spiro atoms. The number of nitriles is 1. The highest BCUT2D eigenvalue weighted by molar-refractivity contribution is 7.89. The molecule has 0 aliphatic carbocycles. The minimum Gasteiger partial charge on any atom is -0.361 e. The van der Waals surface area contributed by atoms with E-state index in [9.17, 15) is 8.42 Å². The molecular weight excluding hydrogens is 252 g/mol. The van der Waals surface area contributed by atoms with Crippen LogP contribution in [0, 0.1) is 17.2 Å². The van der Waals surface area contributed by atoms with Crippen LogP contribution in [0.25, 0.3) is 0 Å². The second-order valence-corrected chi connectivity index (χ2v) is 6.21. The number of morpholine rings is 1. The third-order valence-electron chi connectivity index (χ3n) is 2.33. The average Bonchev–Trinajstić information content (AvgIpc) is 2.28. The van der Waals surface area contributed by atoms with Crippen molar-refractivity contribution in [2.75, 3.05) is 31.3 Å². The van der Waals surface area contributed by atoms with E-state index in [0.717, 1.165) is 0 Å². The monoisotopic (exact) mass is 266 g/mol. The van der Waals surface area contributed by atoms with Crippen LogP contribution in [0.15, 0.2) is 0 Å². The molecule has 0 aromatic rings. The lowest BCUT2D eigenvalue weighted by Crippen LogP contribution is -2.46. The fraction of sp³-hybridized carbons (Fsp3) is 0.889. The molecule has 5 nitrogen and oxygen atoms in total. The fourth-order valence-corrected chi connectivity index (χ4v) is 3.47. The molecule has 0 bridgehead atoms. The minimum atomic E-state index is -3.32. The van der Waals surface area contributed by atoms with Crippen LogP contribution in [0.1, 0.15) is 6.92 Å². The molecule has 0 amide bonds. The lowest BCUT2D eigenvalue weighted by Gasteiger charge is -2.29. The van der Waals surface area contributed by atoms with Gasteiger partial charge in [0.05, 0.1) is 25.0 Å². The summed E-state index contributed by atoms with van der Waals surface area (Å²) in [6, 6.07) is 1.92. The summed E-state index contributed by atoms with van der Waals surface area (Å²) in [7, 11) is -3.32. The van der Waals surface area contributed by atoms with Gasteiger partial charge in [0.25, 0.3) is 0 Å². The number of sulfonamides is 1. The lowest BCUT2D eigenvalue weighted by molar-refractivity contribution is 0.0310. The van der Waals surface area contributed by atoms with E-state index in [1.54, 1.807) is 6.92 Å². The van der Waals surface area contributed by atoms with Crippen LogP contribution < -0.4 is 0 Å². The van der Waals surface area contributed by atoms with Crippen LogP contribution in [-0.4, -0.2) is 50.2 Å². The van der Waals surface area contributed by atoms with Crippen molar-refractivity contribution in [3.05, 3.63) is 0 Å². The van der Waals surface area contributed by atoms with Crippen LogP contribution in [0.2, 0.25) is 0 Å². The van der Waals surface area contributed by atoms with Crippen molar-refractivity contribution in [1.82, 2.24) is 4.31 Å². The number of alkyl halides is 1. The lowest BCUT2D eigenvalue weighted by atomic mass is 10.3. The molecule has 16 heavy (non-hydrogen) atoms. The maximum Gasteiger partial charge on any atom is 0.214 e. The molecule has 1 aliphatic rings. The molecule has 0 aromatic carbocycles. The fourth-order valence-electron chi connectivity index (χ4n) is 1.47. The van der Waals surface area contributed by atoms with Gasteiger partial charge in [0.2, 0.25) is 10.0 Å². The smallest absolute Gasteiger partial charge is 0.214 e. The first-order valence-electron chi connectivity index (χ1n) is 5.04. The Morgan fingerprint density at radius 2 is 2.38 bits per heavy atom. The van der Waals surface area contributed by atoms with Gasteiger partial charge in [0.1, 0.15) is 0 Å². The maximum atomic E-state index is 11.9. The van der Waals surface area contributed by atoms with Gasteiger partial charge >= 0.3 is 0 Å². The van der Waals surface area contributed by atoms with Crippen LogP contribution in [-0.2, 0) is 14.8 Å². The zero-order valence-electron chi connectivity index (χ0n) is 9.10. The van der Waals surface area contributed by atoms with Crippen molar-refractivity contribution in [3.63, 3.8) is 0 Å². The molecule has 0 aromatic heterocycles. The molecule has 0 radical (unpaired) electrons. The second kappa shape index (κ2) is 5.82. The Labute approximate surface area is 101 Å². The van der Waals surface area contributed by atoms with Crippen molar-refractivity contribution in [2.24, 2.45) is 5.92 Å². The summed E-state index contributed by atoms with van der Waals surface area (Å²) >= 11 is 5.59. The molecule has 1 heterocycles. The third kappa shape index (κ3) is 3.59. The van der Waals surface area contributed by atoms with E-state index in [1.807, 2.05) is 6.07 Å². The number of nitrogens with zero attached hydrogens (tertiary/aromatic N) is 2. The van der Waals surface area contributed by atoms with E-state index in [2.05, 4.69) is 0 Å². The summed E-state index contributed by atoms with van der Waals surface area (Å²) in [6.07, 6.45) is -0.658. The highest BCUT2D eigenvalue weighted by Gasteiger charge is 2.30. The highest BCUT2D eigenvalue weighted by Crippen LogP contribution is 2.13. The summed E-state index contributed by atoms with van der Waals surface area (Å²) < 4.78 is 30.2. The van der Waals surface area contributed by atoms with Gasteiger partial charge in [-0.1, -0.05) is 6.92 Å². The van der Waals surface area contributed by atoms with Gasteiger partial charge in [-0.3, -0.25) is 0 Å². The normalized spacial score (nSPS) is 24.9. The number of halogens is 1. The van der Waals surface area contributed by atoms with E-state index in [0.29, 0.717) is 12.4 Å². The summed E-state index contributed by atoms with van der Waals surface area (Å²) in [4.78, 5) is 0. The van der Waals surface area contributed by atoms with Crippen molar-refractivity contribution < 1.29 is 13.2 Å². The molecule has 2 unspecified atom stereocenters. The summed E-state index contributed by atoms with van der Waals surface area (Å²) in [5.74, 6) is 0.245. The summed E-state index contributed by atoms with van der Waals surface area (Å²) in [5, 5.41) is 8.68. The van der Waals surface area contributed by atoms with Gasteiger partial charge < -0.3 is 4.74 Å². The van der Waals surface area contributed by atoms with Gasteiger partial charge in [-0.2, -0.15) is 9.57 Å². The van der Waals surface area contributed by atoms with E-state index < -0.39 is 16.1 Å². The second-order valence-electron chi connectivity index (χ2n) is 3.88. The number of hydrogen-bond acceptors (Lipinski definition) is 4. The molecule has 7 heteroatoms. The quantitative estimate of drug-likeness (QED) is 0.692. The molecule has 0 saturated carbocycles. The van der Waals surface area contributed by atoms with E-state index in [1.165, 1.54) is 4.31 Å². The average molecular weight is 267 g/mol. The molecule has 0 N–H and O–H groups in total. The van der Waals surface area contributed by atoms with Crippen molar-refractivity contribution in [2.45, 2.75) is 13.0 Å². The topological polar surface area (TPSA) is 70.4 Å². The molecule has 1 rings (SSSR count). The summed E-state index contributed by atoms with van der Waals surface area (Å²) in [6.45, 7) is 2.49. The Morgan fingerprint density at radius 3 is 2.94 bits per heavy atom. The van der Waals surface area contributed by atoms with Gasteiger partial charge in [0.15, 0.2) is 6.10 Å². The Balaban J connectivity index is 2.65. The zero-order valence-corrected chi connectivity index (χ0v) is 10.7. The molecule has 2 atom stereocenters. The van der Waals surface area contributed by atoms with Crippen LogP contribution >= 0.6 is 11.6 Å². The molecule has 1 saturated heterocycles. The van der Waals surface area contributed by atoms with E-state index >= 15 is 0 Å². The first-order valence-corrected chi connectivity index (χ1v) is 7.19. The molecular formula is C9H15ClN2O3S. The third-order valence-corrected chi connectivity index (χ3v) is 4.96. The van der Waals surface area contributed by atoms with Crippen LogP contribution in [0.4, 0.5) is 0 Å². The predicted molar refractivity (Wildman–Crippen MR) is 60.6 cm³/mol. The predicted octanol–water partition coefficient (Wildman–Crippen LogP) is 0.415. The number of hydrogen-bond donors (Lipinski definition) is 0. The van der Waals surface area contributed by atoms with Gasteiger partial charge in [-0.15, -0.1) is 11.6 Å².